The zero-order chi connectivity index (χ0) is 19.5. The summed E-state index contributed by atoms with van der Waals surface area (Å²) in [7, 11) is 0. The van der Waals surface area contributed by atoms with Crippen molar-refractivity contribution in [2.45, 2.75) is 56.1 Å². The number of aromatic nitrogens is 1. The number of rotatable bonds is 1. The van der Waals surface area contributed by atoms with Gasteiger partial charge in [-0.2, -0.15) is 0 Å². The first-order valence-electron chi connectivity index (χ1n) is 11.2. The Morgan fingerprint density at radius 1 is 1.07 bits per heavy atom. The largest absolute Gasteiger partial charge is 0.372 e. The van der Waals surface area contributed by atoms with Crippen molar-refractivity contribution < 1.29 is 9.53 Å². The van der Waals surface area contributed by atoms with Crippen molar-refractivity contribution in [2.75, 3.05) is 25.0 Å². The van der Waals surface area contributed by atoms with Gasteiger partial charge >= 0.3 is 0 Å². The van der Waals surface area contributed by atoms with Crippen LogP contribution in [-0.2, 0) is 15.1 Å². The van der Waals surface area contributed by atoms with Gasteiger partial charge in [-0.3, -0.25) is 4.79 Å². The number of nitrogens with zero attached hydrogens (tertiary/aromatic N) is 2. The molecule has 1 aromatic heterocycles. The molecule has 1 saturated carbocycles. The summed E-state index contributed by atoms with van der Waals surface area (Å²) >= 11 is 0. The molecule has 1 aromatic carbocycles. The molecule has 1 atom stereocenters. The number of benzene rings is 1. The lowest BCUT2D eigenvalue weighted by Crippen LogP contribution is -2.49. The van der Waals surface area contributed by atoms with Gasteiger partial charge in [0.05, 0.1) is 29.3 Å². The monoisotopic (exact) mass is 391 g/mol. The Bertz CT molecular complexity index is 937. The number of amides is 1. The van der Waals surface area contributed by atoms with E-state index in [-0.39, 0.29) is 17.1 Å². The molecule has 5 heteroatoms. The first-order valence-corrected chi connectivity index (χ1v) is 11.2. The van der Waals surface area contributed by atoms with E-state index in [0.29, 0.717) is 12.5 Å². The predicted octanol–water partition coefficient (Wildman–Crippen LogP) is 4.07. The second kappa shape index (κ2) is 6.36. The van der Waals surface area contributed by atoms with Crippen molar-refractivity contribution in [1.29, 1.82) is 0 Å². The van der Waals surface area contributed by atoms with Gasteiger partial charge in [-0.05, 0) is 49.9 Å². The van der Waals surface area contributed by atoms with Crippen LogP contribution in [0.1, 0.15) is 50.6 Å². The van der Waals surface area contributed by atoms with E-state index in [0.717, 1.165) is 45.2 Å². The Balaban J connectivity index is 1.22. The number of hydrogen-bond acceptors (Lipinski definition) is 3. The zero-order valence-electron chi connectivity index (χ0n) is 16.9. The summed E-state index contributed by atoms with van der Waals surface area (Å²) in [6.45, 7) is 2.36. The Morgan fingerprint density at radius 2 is 1.86 bits per heavy atom. The summed E-state index contributed by atoms with van der Waals surface area (Å²) in [5.74, 6) is 0.670. The van der Waals surface area contributed by atoms with Gasteiger partial charge in [-0.15, -0.1) is 0 Å². The summed E-state index contributed by atoms with van der Waals surface area (Å²) in [6.07, 6.45) is 9.60. The molecule has 29 heavy (non-hydrogen) atoms. The standard InChI is InChI=1S/C24H29N3O2/c28-22(18-6-1-2-7-18)26-14-11-23(12-15-26)16-24(17-29-23)21-10-5-13-27(21)20-9-4-3-8-19(20)25-24/h3-5,8-10,13,18,25H,1-2,6-7,11-12,14-17H2. The number of para-hydroxylation sites is 2. The van der Waals surface area contributed by atoms with Crippen LogP contribution in [0.25, 0.3) is 5.69 Å². The van der Waals surface area contributed by atoms with Crippen molar-refractivity contribution in [2.24, 2.45) is 5.92 Å². The molecular weight excluding hydrogens is 362 g/mol. The van der Waals surface area contributed by atoms with Crippen molar-refractivity contribution in [3.05, 3.63) is 48.3 Å². The molecule has 1 amide bonds. The van der Waals surface area contributed by atoms with Crippen LogP contribution in [0.5, 0.6) is 0 Å². The van der Waals surface area contributed by atoms with Crippen molar-refractivity contribution >= 4 is 11.6 Å². The smallest absolute Gasteiger partial charge is 0.225 e. The molecule has 4 heterocycles. The predicted molar refractivity (Wildman–Crippen MR) is 112 cm³/mol. The van der Waals surface area contributed by atoms with Crippen LogP contribution in [0.3, 0.4) is 0 Å². The number of carbonyl (C=O) groups excluding carboxylic acids is 1. The molecule has 3 aliphatic heterocycles. The number of likely N-dealkylation sites (tertiary alicyclic amines) is 1. The zero-order valence-corrected chi connectivity index (χ0v) is 16.9. The lowest BCUT2D eigenvalue weighted by atomic mass is 9.79. The van der Waals surface area contributed by atoms with Gasteiger partial charge in [-0.25, -0.2) is 0 Å². The van der Waals surface area contributed by atoms with Crippen LogP contribution in [0.15, 0.2) is 42.6 Å². The molecule has 2 aromatic rings. The lowest BCUT2D eigenvalue weighted by molar-refractivity contribution is -0.140. The molecule has 0 radical (unpaired) electrons. The van der Waals surface area contributed by atoms with Gasteiger partial charge in [0.2, 0.25) is 5.91 Å². The fraction of sp³-hybridized carbons (Fsp3) is 0.542. The molecule has 0 bridgehead atoms. The third-order valence-corrected chi connectivity index (χ3v) is 7.72. The van der Waals surface area contributed by atoms with E-state index in [9.17, 15) is 4.79 Å². The molecular formula is C24H29N3O2. The molecule has 152 valence electrons. The quantitative estimate of drug-likeness (QED) is 0.797. The van der Waals surface area contributed by atoms with Gasteiger partial charge in [-0.1, -0.05) is 25.0 Å². The maximum atomic E-state index is 12.8. The number of ether oxygens (including phenoxy) is 1. The number of fused-ring (bicyclic) bond motifs is 4. The van der Waals surface area contributed by atoms with Crippen molar-refractivity contribution in [1.82, 2.24) is 9.47 Å². The molecule has 2 saturated heterocycles. The van der Waals surface area contributed by atoms with Crippen LogP contribution in [0.2, 0.25) is 0 Å². The van der Waals surface area contributed by atoms with Crippen molar-refractivity contribution in [3.63, 3.8) is 0 Å². The van der Waals surface area contributed by atoms with Crippen LogP contribution in [0, 0.1) is 5.92 Å². The number of piperidine rings is 1. The minimum Gasteiger partial charge on any atom is -0.372 e. The number of hydrogen-bond donors (Lipinski definition) is 1. The topological polar surface area (TPSA) is 46.5 Å². The third kappa shape index (κ3) is 2.67. The normalized spacial score (nSPS) is 27.8. The van der Waals surface area contributed by atoms with Crippen LogP contribution in [-0.4, -0.2) is 40.7 Å². The van der Waals surface area contributed by atoms with Gasteiger partial charge in [0.25, 0.3) is 0 Å². The summed E-state index contributed by atoms with van der Waals surface area (Å²) in [5, 5.41) is 3.84. The average Bonchev–Trinajstić information content (AvgIpc) is 3.50. The Kier molecular flexibility index (Phi) is 3.86. The molecule has 2 spiro atoms. The van der Waals surface area contributed by atoms with E-state index in [4.69, 9.17) is 4.74 Å². The van der Waals surface area contributed by atoms with E-state index in [1.807, 2.05) is 0 Å². The average molecular weight is 392 g/mol. The summed E-state index contributed by atoms with van der Waals surface area (Å²) in [5.41, 5.74) is 3.36. The van der Waals surface area contributed by atoms with Gasteiger partial charge in [0, 0.05) is 31.6 Å². The van der Waals surface area contributed by atoms with E-state index in [1.54, 1.807) is 0 Å². The van der Waals surface area contributed by atoms with E-state index >= 15 is 0 Å². The second-order valence-electron chi connectivity index (χ2n) is 9.44. The van der Waals surface area contributed by atoms with Gasteiger partial charge in [0.15, 0.2) is 0 Å². The number of anilines is 1. The summed E-state index contributed by atoms with van der Waals surface area (Å²) < 4.78 is 8.87. The Labute approximate surface area is 172 Å². The fourth-order valence-electron chi connectivity index (χ4n) is 6.15. The first kappa shape index (κ1) is 17.6. The van der Waals surface area contributed by atoms with Gasteiger partial charge in [0.1, 0.15) is 5.54 Å². The third-order valence-electron chi connectivity index (χ3n) is 7.72. The molecule has 1 aliphatic carbocycles. The summed E-state index contributed by atoms with van der Waals surface area (Å²) in [4.78, 5) is 14.9. The number of carbonyl (C=O) groups is 1. The second-order valence-corrected chi connectivity index (χ2v) is 9.44. The Hall–Kier alpha value is -2.27. The molecule has 6 rings (SSSR count). The molecule has 5 nitrogen and oxygen atoms in total. The SMILES string of the molecule is O=C(C1CCCC1)N1CCC2(CC1)CC1(CO2)Nc2ccccc2-n2cccc21. The van der Waals surface area contributed by atoms with Gasteiger partial charge < -0.3 is 19.5 Å². The van der Waals surface area contributed by atoms with Crippen LogP contribution < -0.4 is 5.32 Å². The van der Waals surface area contributed by atoms with Crippen LogP contribution >= 0.6 is 0 Å². The minimum atomic E-state index is -0.185. The highest BCUT2D eigenvalue weighted by atomic mass is 16.5. The highest BCUT2D eigenvalue weighted by molar-refractivity contribution is 5.79. The maximum Gasteiger partial charge on any atom is 0.225 e. The highest BCUT2D eigenvalue weighted by Gasteiger charge is 2.54. The van der Waals surface area contributed by atoms with E-state index in [1.165, 1.54) is 29.9 Å². The fourth-order valence-corrected chi connectivity index (χ4v) is 6.15. The van der Waals surface area contributed by atoms with E-state index < -0.39 is 0 Å². The lowest BCUT2D eigenvalue weighted by Gasteiger charge is -2.41. The van der Waals surface area contributed by atoms with Crippen LogP contribution in [0.4, 0.5) is 5.69 Å². The Morgan fingerprint density at radius 3 is 2.69 bits per heavy atom. The number of nitrogens with one attached hydrogen (secondary N) is 1. The maximum absolute atomic E-state index is 12.8. The highest BCUT2D eigenvalue weighted by Crippen LogP contribution is 2.50. The van der Waals surface area contributed by atoms with E-state index in [2.05, 4.69) is 57.4 Å². The molecule has 3 fully saturated rings. The molecule has 1 N–H and O–H groups in total. The molecule has 4 aliphatic rings. The summed E-state index contributed by atoms with van der Waals surface area (Å²) in [6, 6.07) is 12.9. The minimum absolute atomic E-state index is 0.124. The van der Waals surface area contributed by atoms with Crippen molar-refractivity contribution in [3.8, 4) is 5.69 Å². The first-order chi connectivity index (χ1) is 14.2. The molecule has 1 unspecified atom stereocenters.